The third kappa shape index (κ3) is 44.6. The molecular weight excluding hydrogens is 693 g/mol. The predicted octanol–water partition coefficient (Wildman–Crippen LogP) is 15.7. The fraction of sp³-hybridized carbons (Fsp3) is 0.804. The number of allylic oxidation sites excluding steroid dienone is 8. The lowest BCUT2D eigenvalue weighted by molar-refractivity contribution is -0.161. The van der Waals surface area contributed by atoms with Gasteiger partial charge in [-0.1, -0.05) is 204 Å². The van der Waals surface area contributed by atoms with E-state index in [0.717, 1.165) is 57.8 Å². The highest BCUT2D eigenvalue weighted by Gasteiger charge is 2.16. The molecule has 0 radical (unpaired) electrons. The van der Waals surface area contributed by atoms with Crippen LogP contribution in [-0.2, 0) is 19.1 Å². The Kier molecular flexibility index (Phi) is 45.4. The Hall–Kier alpha value is -2.14. The van der Waals surface area contributed by atoms with Crippen LogP contribution in [0.4, 0.5) is 0 Å². The van der Waals surface area contributed by atoms with Gasteiger partial charge in [-0.25, -0.2) is 0 Å². The Morgan fingerprint density at radius 1 is 0.411 bits per heavy atom. The summed E-state index contributed by atoms with van der Waals surface area (Å²) < 4.78 is 10.6. The van der Waals surface area contributed by atoms with E-state index in [1.807, 2.05) is 0 Å². The van der Waals surface area contributed by atoms with Crippen molar-refractivity contribution in [2.24, 2.45) is 0 Å². The summed E-state index contributed by atoms with van der Waals surface area (Å²) in [4.78, 5) is 24.4. The molecule has 0 rings (SSSR count). The summed E-state index contributed by atoms with van der Waals surface area (Å²) in [6.45, 7) is 4.13. The van der Waals surface area contributed by atoms with Crippen LogP contribution in [0.5, 0.6) is 0 Å². The van der Waals surface area contributed by atoms with Gasteiger partial charge in [0.15, 0.2) is 6.10 Å². The highest BCUT2D eigenvalue weighted by Crippen LogP contribution is 2.15. The van der Waals surface area contributed by atoms with Crippen molar-refractivity contribution >= 4 is 11.9 Å². The van der Waals surface area contributed by atoms with E-state index in [-0.39, 0.29) is 25.2 Å². The molecule has 0 saturated carbocycles. The van der Waals surface area contributed by atoms with E-state index in [9.17, 15) is 14.7 Å². The van der Waals surface area contributed by atoms with E-state index in [0.29, 0.717) is 12.8 Å². The molecule has 0 aliphatic heterocycles. The predicted molar refractivity (Wildman–Crippen MR) is 242 cm³/mol. The maximum atomic E-state index is 12.2. The lowest BCUT2D eigenvalue weighted by Gasteiger charge is -2.15. The number of unbranched alkanes of at least 4 members (excludes halogenated alkanes) is 28. The number of esters is 2. The van der Waals surface area contributed by atoms with Gasteiger partial charge in [0.25, 0.3) is 0 Å². The zero-order valence-electron chi connectivity index (χ0n) is 37.1. The third-order valence-electron chi connectivity index (χ3n) is 10.6. The van der Waals surface area contributed by atoms with Gasteiger partial charge in [-0.15, -0.1) is 0 Å². The van der Waals surface area contributed by atoms with Gasteiger partial charge in [-0.05, 0) is 77.0 Å². The van der Waals surface area contributed by atoms with Gasteiger partial charge >= 0.3 is 11.9 Å². The van der Waals surface area contributed by atoms with E-state index in [2.05, 4.69) is 62.5 Å². The molecule has 0 spiro atoms. The average molecular weight is 785 g/mol. The molecule has 0 saturated heterocycles. The van der Waals surface area contributed by atoms with Crippen molar-refractivity contribution in [2.45, 2.75) is 251 Å². The lowest BCUT2D eigenvalue weighted by Crippen LogP contribution is -2.28. The lowest BCUT2D eigenvalue weighted by atomic mass is 10.0. The van der Waals surface area contributed by atoms with Gasteiger partial charge in [0.05, 0.1) is 6.61 Å². The smallest absolute Gasteiger partial charge is 0.306 e. The number of ether oxygens (including phenoxy) is 2. The first kappa shape index (κ1) is 53.9. The van der Waals surface area contributed by atoms with Crippen molar-refractivity contribution in [3.8, 4) is 0 Å². The van der Waals surface area contributed by atoms with Crippen LogP contribution in [0.1, 0.15) is 245 Å². The van der Waals surface area contributed by atoms with Gasteiger partial charge in [0, 0.05) is 12.8 Å². The monoisotopic (exact) mass is 785 g/mol. The van der Waals surface area contributed by atoms with Gasteiger partial charge in [0.2, 0.25) is 0 Å². The summed E-state index contributed by atoms with van der Waals surface area (Å²) in [5, 5.41) is 9.60. The summed E-state index contributed by atoms with van der Waals surface area (Å²) in [7, 11) is 0. The highest BCUT2D eigenvalue weighted by molar-refractivity contribution is 5.70. The zero-order valence-corrected chi connectivity index (χ0v) is 37.1. The molecular formula is C51H92O5. The number of aliphatic hydroxyl groups is 1. The Morgan fingerprint density at radius 2 is 0.714 bits per heavy atom. The van der Waals surface area contributed by atoms with Crippen LogP contribution >= 0.6 is 0 Å². The van der Waals surface area contributed by atoms with Crippen molar-refractivity contribution in [2.75, 3.05) is 13.2 Å². The second-order valence-corrected chi connectivity index (χ2v) is 16.2. The van der Waals surface area contributed by atoms with Crippen molar-refractivity contribution in [1.29, 1.82) is 0 Å². The standard InChI is InChI=1S/C51H92O5/c1-3-5-7-9-11-13-15-17-19-20-21-22-23-24-25-26-27-28-29-30-32-34-36-38-40-42-44-46-51(54)56-49(47-52)48-55-50(53)45-43-41-39-37-35-33-31-18-16-14-12-10-8-6-4-2/h15,17-18,20-21,23-24,31,49,52H,3-14,16,19,22,25-30,32-48H2,1-2H3/b17-15-,21-20-,24-23-,31-18-. The van der Waals surface area contributed by atoms with E-state index in [1.54, 1.807) is 0 Å². The van der Waals surface area contributed by atoms with Crippen molar-refractivity contribution in [3.05, 3.63) is 48.6 Å². The van der Waals surface area contributed by atoms with Crippen LogP contribution in [0.25, 0.3) is 0 Å². The molecule has 0 aliphatic carbocycles. The average Bonchev–Trinajstić information content (AvgIpc) is 3.20. The first-order valence-corrected chi connectivity index (χ1v) is 24.2. The van der Waals surface area contributed by atoms with Crippen LogP contribution in [0, 0.1) is 0 Å². The molecule has 1 atom stereocenters. The first-order valence-electron chi connectivity index (χ1n) is 24.2. The Bertz CT molecular complexity index is 935. The summed E-state index contributed by atoms with van der Waals surface area (Å²) in [6, 6.07) is 0. The van der Waals surface area contributed by atoms with Crippen LogP contribution in [0.15, 0.2) is 48.6 Å². The molecule has 0 aliphatic rings. The molecule has 0 aromatic heterocycles. The fourth-order valence-electron chi connectivity index (χ4n) is 6.91. The summed E-state index contributed by atoms with van der Waals surface area (Å²) in [5.74, 6) is -0.597. The van der Waals surface area contributed by atoms with Gasteiger partial charge in [-0.2, -0.15) is 0 Å². The number of carbonyl (C=O) groups excluding carboxylic acids is 2. The molecule has 5 nitrogen and oxygen atoms in total. The number of hydrogen-bond donors (Lipinski definition) is 1. The molecule has 326 valence electrons. The number of carbonyl (C=O) groups is 2. The van der Waals surface area contributed by atoms with E-state index in [4.69, 9.17) is 9.47 Å². The third-order valence-corrected chi connectivity index (χ3v) is 10.6. The first-order chi connectivity index (χ1) is 27.6. The Labute approximate surface area is 348 Å². The highest BCUT2D eigenvalue weighted by atomic mass is 16.6. The number of aliphatic hydroxyl groups excluding tert-OH is 1. The van der Waals surface area contributed by atoms with Gasteiger partial charge in [-0.3, -0.25) is 9.59 Å². The summed E-state index contributed by atoms with van der Waals surface area (Å²) in [5.41, 5.74) is 0. The summed E-state index contributed by atoms with van der Waals surface area (Å²) in [6.07, 6.45) is 60.5. The van der Waals surface area contributed by atoms with Crippen molar-refractivity contribution in [1.82, 2.24) is 0 Å². The minimum absolute atomic E-state index is 0.0700. The quantitative estimate of drug-likeness (QED) is 0.0378. The van der Waals surface area contributed by atoms with Crippen LogP contribution in [0.3, 0.4) is 0 Å². The molecule has 0 aromatic rings. The van der Waals surface area contributed by atoms with Crippen molar-refractivity contribution in [3.63, 3.8) is 0 Å². The Balaban J connectivity index is 3.51. The summed E-state index contributed by atoms with van der Waals surface area (Å²) >= 11 is 0. The largest absolute Gasteiger partial charge is 0.462 e. The molecule has 0 aromatic carbocycles. The van der Waals surface area contributed by atoms with Gasteiger partial charge in [0.1, 0.15) is 6.61 Å². The van der Waals surface area contributed by atoms with Crippen LogP contribution in [-0.4, -0.2) is 36.4 Å². The van der Waals surface area contributed by atoms with Crippen LogP contribution in [0.2, 0.25) is 0 Å². The number of hydrogen-bond acceptors (Lipinski definition) is 5. The van der Waals surface area contributed by atoms with E-state index < -0.39 is 6.10 Å². The number of rotatable bonds is 44. The minimum Gasteiger partial charge on any atom is -0.462 e. The minimum atomic E-state index is -0.776. The second kappa shape index (κ2) is 47.2. The fourth-order valence-corrected chi connectivity index (χ4v) is 6.91. The molecule has 0 bridgehead atoms. The van der Waals surface area contributed by atoms with E-state index in [1.165, 1.54) is 161 Å². The molecule has 0 amide bonds. The zero-order chi connectivity index (χ0) is 40.7. The SMILES string of the molecule is CCCCCCC/C=C\C/C=C\C/C=C\CCCCCCCCCCCCCCC(=O)OC(CO)COC(=O)CCCCCCC/C=C\CCCCCCCC. The van der Waals surface area contributed by atoms with Crippen LogP contribution < -0.4 is 0 Å². The molecule has 0 heterocycles. The van der Waals surface area contributed by atoms with Gasteiger partial charge < -0.3 is 14.6 Å². The molecule has 1 N–H and O–H groups in total. The van der Waals surface area contributed by atoms with Crippen molar-refractivity contribution < 1.29 is 24.2 Å². The second-order valence-electron chi connectivity index (χ2n) is 16.2. The maximum Gasteiger partial charge on any atom is 0.306 e. The Morgan fingerprint density at radius 3 is 1.09 bits per heavy atom. The normalized spacial score (nSPS) is 12.6. The molecule has 5 heteroatoms. The molecule has 1 unspecified atom stereocenters. The maximum absolute atomic E-state index is 12.2. The molecule has 56 heavy (non-hydrogen) atoms. The molecule has 0 fully saturated rings. The van der Waals surface area contributed by atoms with E-state index >= 15 is 0 Å². The topological polar surface area (TPSA) is 72.8 Å².